The fourth-order valence-electron chi connectivity index (χ4n) is 1.91. The Balaban J connectivity index is 2.13. The van der Waals surface area contributed by atoms with E-state index in [4.69, 9.17) is 15.2 Å². The Morgan fingerprint density at radius 3 is 2.45 bits per heavy atom. The molecule has 2 aromatic carbocycles. The fourth-order valence-corrected chi connectivity index (χ4v) is 1.91. The summed E-state index contributed by atoms with van der Waals surface area (Å²) >= 11 is 0. The quantitative estimate of drug-likeness (QED) is 0.909. The molecule has 0 amide bonds. The first-order valence-electron chi connectivity index (χ1n) is 6.41. The van der Waals surface area contributed by atoms with E-state index in [2.05, 4.69) is 0 Å². The Bertz CT molecular complexity index is 567. The van der Waals surface area contributed by atoms with Gasteiger partial charge in [-0.25, -0.2) is 4.39 Å². The molecule has 0 bridgehead atoms. The van der Waals surface area contributed by atoms with E-state index >= 15 is 0 Å². The molecule has 20 heavy (non-hydrogen) atoms. The third-order valence-corrected chi connectivity index (χ3v) is 3.03. The molecule has 2 aromatic rings. The molecule has 2 N–H and O–H groups in total. The molecule has 0 heterocycles. The Labute approximate surface area is 118 Å². The van der Waals surface area contributed by atoms with Crippen LogP contribution < -0.4 is 15.2 Å². The number of rotatable bonds is 5. The van der Waals surface area contributed by atoms with Crippen molar-refractivity contribution in [1.29, 1.82) is 0 Å². The zero-order valence-electron chi connectivity index (χ0n) is 11.6. The zero-order valence-corrected chi connectivity index (χ0v) is 11.6. The van der Waals surface area contributed by atoms with Crippen molar-refractivity contribution in [3.05, 3.63) is 59.4 Å². The van der Waals surface area contributed by atoms with Crippen LogP contribution in [-0.2, 0) is 6.61 Å². The molecule has 4 heteroatoms. The second-order valence-corrected chi connectivity index (χ2v) is 4.58. The average Bonchev–Trinajstić information content (AvgIpc) is 2.46. The number of methoxy groups -OCH3 is 1. The lowest BCUT2D eigenvalue weighted by atomic mass is 10.1. The van der Waals surface area contributed by atoms with Crippen LogP contribution >= 0.6 is 0 Å². The maximum Gasteiger partial charge on any atom is 0.165 e. The van der Waals surface area contributed by atoms with E-state index in [9.17, 15) is 4.39 Å². The normalized spacial score (nSPS) is 12.0. The lowest BCUT2D eigenvalue weighted by molar-refractivity contribution is 0.285. The number of hydrogen-bond donors (Lipinski definition) is 1. The van der Waals surface area contributed by atoms with Crippen LogP contribution in [0.2, 0.25) is 0 Å². The van der Waals surface area contributed by atoms with Gasteiger partial charge in [0.25, 0.3) is 0 Å². The molecule has 0 aliphatic carbocycles. The van der Waals surface area contributed by atoms with Gasteiger partial charge in [0.05, 0.1) is 7.11 Å². The first-order valence-corrected chi connectivity index (χ1v) is 6.41. The van der Waals surface area contributed by atoms with E-state index in [0.29, 0.717) is 5.56 Å². The molecular weight excluding hydrogens is 257 g/mol. The molecule has 0 aliphatic heterocycles. The van der Waals surface area contributed by atoms with Crippen LogP contribution in [-0.4, -0.2) is 7.11 Å². The molecule has 1 atom stereocenters. The van der Waals surface area contributed by atoms with Gasteiger partial charge in [0.2, 0.25) is 0 Å². The predicted octanol–water partition coefficient (Wildman–Crippen LogP) is 3.43. The van der Waals surface area contributed by atoms with Crippen LogP contribution in [0.4, 0.5) is 4.39 Å². The molecular formula is C16H18FNO2. The number of para-hydroxylation sites is 1. The van der Waals surface area contributed by atoms with E-state index in [1.807, 2.05) is 24.3 Å². The standard InChI is InChI=1S/C16H18FNO2/c1-11(18)14-4-3-5-15(17)16(14)20-10-12-6-8-13(19-2)9-7-12/h3-9,11H,10,18H2,1-2H3/t11-/m0/s1. The Kier molecular flexibility index (Phi) is 4.58. The van der Waals surface area contributed by atoms with E-state index in [1.165, 1.54) is 6.07 Å². The molecule has 0 spiro atoms. The molecule has 2 rings (SSSR count). The van der Waals surface area contributed by atoms with E-state index in [-0.39, 0.29) is 18.4 Å². The van der Waals surface area contributed by atoms with Gasteiger partial charge >= 0.3 is 0 Å². The van der Waals surface area contributed by atoms with Gasteiger partial charge in [0.15, 0.2) is 11.6 Å². The minimum Gasteiger partial charge on any atom is -0.497 e. The topological polar surface area (TPSA) is 44.5 Å². The highest BCUT2D eigenvalue weighted by atomic mass is 19.1. The average molecular weight is 275 g/mol. The Morgan fingerprint density at radius 1 is 1.15 bits per heavy atom. The lowest BCUT2D eigenvalue weighted by Crippen LogP contribution is -2.09. The van der Waals surface area contributed by atoms with Gasteiger partial charge in [-0.1, -0.05) is 24.3 Å². The van der Waals surface area contributed by atoms with Gasteiger partial charge in [-0.2, -0.15) is 0 Å². The van der Waals surface area contributed by atoms with Crippen molar-refractivity contribution in [3.8, 4) is 11.5 Å². The maximum absolute atomic E-state index is 13.8. The summed E-state index contributed by atoms with van der Waals surface area (Å²) in [7, 11) is 1.61. The minimum atomic E-state index is -0.395. The second-order valence-electron chi connectivity index (χ2n) is 4.58. The summed E-state index contributed by atoms with van der Waals surface area (Å²) in [5.74, 6) is 0.600. The van der Waals surface area contributed by atoms with Gasteiger partial charge in [0, 0.05) is 11.6 Å². The highest BCUT2D eigenvalue weighted by Gasteiger charge is 2.13. The van der Waals surface area contributed by atoms with Crippen molar-refractivity contribution in [2.45, 2.75) is 19.6 Å². The third-order valence-electron chi connectivity index (χ3n) is 3.03. The molecule has 0 unspecified atom stereocenters. The lowest BCUT2D eigenvalue weighted by Gasteiger charge is -2.14. The summed E-state index contributed by atoms with van der Waals surface area (Å²) in [6.45, 7) is 2.08. The Morgan fingerprint density at radius 2 is 1.85 bits per heavy atom. The number of halogens is 1. The van der Waals surface area contributed by atoms with Gasteiger partial charge in [-0.3, -0.25) is 0 Å². The van der Waals surface area contributed by atoms with Crippen LogP contribution in [0.15, 0.2) is 42.5 Å². The molecule has 0 radical (unpaired) electrons. The number of benzene rings is 2. The van der Waals surface area contributed by atoms with Crippen LogP contribution in [0.25, 0.3) is 0 Å². The first kappa shape index (κ1) is 14.3. The largest absolute Gasteiger partial charge is 0.497 e. The van der Waals surface area contributed by atoms with Crippen molar-refractivity contribution in [2.75, 3.05) is 7.11 Å². The molecule has 106 valence electrons. The molecule has 0 aliphatic rings. The summed E-state index contributed by atoms with van der Waals surface area (Å²) < 4.78 is 24.5. The van der Waals surface area contributed by atoms with Crippen molar-refractivity contribution < 1.29 is 13.9 Å². The molecule has 3 nitrogen and oxygen atoms in total. The number of hydrogen-bond acceptors (Lipinski definition) is 3. The summed E-state index contributed by atoms with van der Waals surface area (Å²) in [5, 5.41) is 0. The molecule has 0 fully saturated rings. The summed E-state index contributed by atoms with van der Waals surface area (Å²) in [6, 6.07) is 11.9. The monoisotopic (exact) mass is 275 g/mol. The van der Waals surface area contributed by atoms with Crippen molar-refractivity contribution >= 4 is 0 Å². The molecule has 0 saturated carbocycles. The van der Waals surface area contributed by atoms with Crippen LogP contribution in [0.3, 0.4) is 0 Å². The summed E-state index contributed by atoms with van der Waals surface area (Å²) in [5.41, 5.74) is 7.43. The first-order chi connectivity index (χ1) is 9.61. The zero-order chi connectivity index (χ0) is 14.5. The van der Waals surface area contributed by atoms with Gasteiger partial charge in [0.1, 0.15) is 12.4 Å². The highest BCUT2D eigenvalue weighted by Crippen LogP contribution is 2.27. The number of ether oxygens (including phenoxy) is 2. The van der Waals surface area contributed by atoms with Crippen molar-refractivity contribution in [1.82, 2.24) is 0 Å². The van der Waals surface area contributed by atoms with Crippen LogP contribution in [0.5, 0.6) is 11.5 Å². The van der Waals surface area contributed by atoms with Crippen LogP contribution in [0.1, 0.15) is 24.1 Å². The molecule has 0 aromatic heterocycles. The van der Waals surface area contributed by atoms with Crippen LogP contribution in [0, 0.1) is 5.82 Å². The highest BCUT2D eigenvalue weighted by molar-refractivity contribution is 5.37. The number of nitrogens with two attached hydrogens (primary N) is 1. The summed E-state index contributed by atoms with van der Waals surface area (Å²) in [6.07, 6.45) is 0. The SMILES string of the molecule is COc1ccc(COc2c(F)cccc2[C@H](C)N)cc1. The smallest absolute Gasteiger partial charge is 0.165 e. The van der Waals surface area contributed by atoms with Crippen molar-refractivity contribution in [2.24, 2.45) is 5.73 Å². The molecule has 0 saturated heterocycles. The van der Waals surface area contributed by atoms with Gasteiger partial charge in [-0.05, 0) is 30.7 Å². The summed E-state index contributed by atoms with van der Waals surface area (Å²) in [4.78, 5) is 0. The van der Waals surface area contributed by atoms with E-state index < -0.39 is 5.82 Å². The van der Waals surface area contributed by atoms with Crippen molar-refractivity contribution in [3.63, 3.8) is 0 Å². The van der Waals surface area contributed by atoms with E-state index in [1.54, 1.807) is 26.2 Å². The predicted molar refractivity (Wildman–Crippen MR) is 76.3 cm³/mol. The van der Waals surface area contributed by atoms with E-state index in [0.717, 1.165) is 11.3 Å². The fraction of sp³-hybridized carbons (Fsp3) is 0.250. The Hall–Kier alpha value is -2.07. The minimum absolute atomic E-state index is 0.221. The maximum atomic E-state index is 13.8. The second kappa shape index (κ2) is 6.39. The van der Waals surface area contributed by atoms with Gasteiger partial charge in [-0.15, -0.1) is 0 Å². The third kappa shape index (κ3) is 3.27. The van der Waals surface area contributed by atoms with Gasteiger partial charge < -0.3 is 15.2 Å².